The van der Waals surface area contributed by atoms with Gasteiger partial charge in [-0.1, -0.05) is 72.8 Å². The molecule has 1 saturated carbocycles. The standard InChI is InChI=1S/C31H35FN4O2/c1-35(21-23-12-14-27(32)15-13-23)28(37)31(25-10-6-3-7-11-25)20-26(31)22-36-18-16-30(17-19-36,34-29(33)38)24-8-4-2-5-9-24/h2-15,26H,16-22H2,1H3,(H3,33,34,38)/t26-,31+/m0/s1. The van der Waals surface area contributed by atoms with Crippen LogP contribution in [0.1, 0.15) is 36.0 Å². The van der Waals surface area contributed by atoms with Crippen LogP contribution >= 0.6 is 0 Å². The van der Waals surface area contributed by atoms with Crippen molar-refractivity contribution < 1.29 is 14.0 Å². The molecule has 0 bridgehead atoms. The molecule has 1 saturated heterocycles. The number of hydrogen-bond donors (Lipinski definition) is 2. The lowest BCUT2D eigenvalue weighted by Gasteiger charge is -2.42. The molecule has 5 rings (SSSR count). The first kappa shape index (κ1) is 25.9. The Morgan fingerprint density at radius 3 is 2.11 bits per heavy atom. The summed E-state index contributed by atoms with van der Waals surface area (Å²) in [6.07, 6.45) is 2.30. The SMILES string of the molecule is CN(Cc1ccc(F)cc1)C(=O)[C@@]1(c2ccccc2)C[C@H]1CN1CCC(NC(N)=O)(c2ccccc2)CC1. The molecule has 0 aromatic heterocycles. The van der Waals surface area contributed by atoms with Crippen molar-refractivity contribution in [1.82, 2.24) is 15.1 Å². The van der Waals surface area contributed by atoms with Gasteiger partial charge in [0.1, 0.15) is 5.82 Å². The van der Waals surface area contributed by atoms with Crippen LogP contribution in [0.2, 0.25) is 0 Å². The van der Waals surface area contributed by atoms with Crippen molar-refractivity contribution in [2.45, 2.75) is 36.8 Å². The fraction of sp³-hybridized carbons (Fsp3) is 0.355. The summed E-state index contributed by atoms with van der Waals surface area (Å²) in [5.41, 5.74) is 7.55. The number of piperidine rings is 1. The number of nitrogens with two attached hydrogens (primary N) is 1. The van der Waals surface area contributed by atoms with Crippen LogP contribution in [-0.4, -0.2) is 48.4 Å². The van der Waals surface area contributed by atoms with E-state index in [-0.39, 0.29) is 17.6 Å². The number of nitrogens with one attached hydrogen (secondary N) is 1. The minimum atomic E-state index is -0.560. The van der Waals surface area contributed by atoms with Gasteiger partial charge < -0.3 is 20.9 Å². The summed E-state index contributed by atoms with van der Waals surface area (Å²) in [7, 11) is 1.83. The van der Waals surface area contributed by atoms with E-state index in [1.165, 1.54) is 12.1 Å². The predicted molar refractivity (Wildman–Crippen MR) is 146 cm³/mol. The van der Waals surface area contributed by atoms with Gasteiger partial charge in [-0.25, -0.2) is 9.18 Å². The number of nitrogens with zero attached hydrogens (tertiary/aromatic N) is 2. The van der Waals surface area contributed by atoms with Crippen molar-refractivity contribution in [3.05, 3.63) is 107 Å². The van der Waals surface area contributed by atoms with E-state index in [2.05, 4.69) is 22.3 Å². The van der Waals surface area contributed by atoms with Gasteiger partial charge in [0.05, 0.1) is 11.0 Å². The number of hydrogen-bond acceptors (Lipinski definition) is 3. The summed E-state index contributed by atoms with van der Waals surface area (Å²) in [4.78, 5) is 30.0. The molecule has 2 atom stereocenters. The second-order valence-electron chi connectivity index (χ2n) is 10.8. The molecular formula is C31H35FN4O2. The van der Waals surface area contributed by atoms with Gasteiger partial charge in [-0.3, -0.25) is 4.79 Å². The summed E-state index contributed by atoms with van der Waals surface area (Å²) < 4.78 is 13.4. The number of carbonyl (C=O) groups excluding carboxylic acids is 2. The third kappa shape index (κ3) is 5.16. The second kappa shape index (κ2) is 10.6. The number of likely N-dealkylation sites (tertiary alicyclic amines) is 1. The number of carbonyl (C=O) groups is 2. The van der Waals surface area contributed by atoms with E-state index in [0.29, 0.717) is 6.54 Å². The Morgan fingerprint density at radius 2 is 1.53 bits per heavy atom. The molecular weight excluding hydrogens is 479 g/mol. The van der Waals surface area contributed by atoms with Gasteiger partial charge in [-0.2, -0.15) is 0 Å². The van der Waals surface area contributed by atoms with Crippen LogP contribution in [0.5, 0.6) is 0 Å². The minimum absolute atomic E-state index is 0.101. The van der Waals surface area contributed by atoms with E-state index in [0.717, 1.165) is 55.6 Å². The van der Waals surface area contributed by atoms with E-state index >= 15 is 0 Å². The van der Waals surface area contributed by atoms with Gasteiger partial charge in [-0.15, -0.1) is 0 Å². The largest absolute Gasteiger partial charge is 0.352 e. The van der Waals surface area contributed by atoms with Crippen LogP contribution in [0.4, 0.5) is 9.18 Å². The number of likely N-dealkylation sites (N-methyl/N-ethyl adjacent to an activating group) is 1. The van der Waals surface area contributed by atoms with Crippen LogP contribution in [0, 0.1) is 11.7 Å². The van der Waals surface area contributed by atoms with Gasteiger partial charge in [0, 0.05) is 33.2 Å². The first-order valence-electron chi connectivity index (χ1n) is 13.2. The van der Waals surface area contributed by atoms with E-state index in [4.69, 9.17) is 5.73 Å². The van der Waals surface area contributed by atoms with Crippen LogP contribution in [0.3, 0.4) is 0 Å². The van der Waals surface area contributed by atoms with Gasteiger partial charge in [0.25, 0.3) is 0 Å². The summed E-state index contributed by atoms with van der Waals surface area (Å²) in [6, 6.07) is 25.9. The molecule has 3 amide bonds. The molecule has 1 aliphatic carbocycles. The van der Waals surface area contributed by atoms with E-state index in [9.17, 15) is 14.0 Å². The normalized spacial score (nSPS) is 22.4. The Balaban J connectivity index is 1.30. The monoisotopic (exact) mass is 514 g/mol. The van der Waals surface area contributed by atoms with Gasteiger partial charge in [0.2, 0.25) is 5.91 Å². The molecule has 198 valence electrons. The predicted octanol–water partition coefficient (Wildman–Crippen LogP) is 4.40. The fourth-order valence-electron chi connectivity index (χ4n) is 6.21. The Kier molecular flexibility index (Phi) is 7.21. The van der Waals surface area contributed by atoms with Gasteiger partial charge in [0.15, 0.2) is 0 Å². The fourth-order valence-corrected chi connectivity index (χ4v) is 6.21. The van der Waals surface area contributed by atoms with Crippen LogP contribution < -0.4 is 11.1 Å². The Labute approximate surface area is 223 Å². The molecule has 0 spiro atoms. The molecule has 1 aliphatic heterocycles. The van der Waals surface area contributed by atoms with E-state index in [1.807, 2.05) is 55.6 Å². The van der Waals surface area contributed by atoms with Crippen molar-refractivity contribution in [1.29, 1.82) is 0 Å². The zero-order valence-electron chi connectivity index (χ0n) is 21.8. The van der Waals surface area contributed by atoms with Crippen molar-refractivity contribution in [3.8, 4) is 0 Å². The molecule has 3 aromatic carbocycles. The minimum Gasteiger partial charge on any atom is -0.352 e. The van der Waals surface area contributed by atoms with Crippen LogP contribution in [0.25, 0.3) is 0 Å². The Hall–Kier alpha value is -3.71. The summed E-state index contributed by atoms with van der Waals surface area (Å²) in [5.74, 6) is 0.0139. The number of amides is 3. The quantitative estimate of drug-likeness (QED) is 0.468. The highest BCUT2D eigenvalue weighted by Crippen LogP contribution is 2.56. The highest BCUT2D eigenvalue weighted by molar-refractivity contribution is 5.92. The molecule has 2 fully saturated rings. The first-order valence-corrected chi connectivity index (χ1v) is 13.2. The van der Waals surface area contributed by atoms with Crippen molar-refractivity contribution in [2.24, 2.45) is 11.7 Å². The Bertz CT molecular complexity index is 1260. The van der Waals surface area contributed by atoms with Crippen molar-refractivity contribution in [3.63, 3.8) is 0 Å². The number of primary amides is 1. The van der Waals surface area contributed by atoms with Crippen molar-refractivity contribution in [2.75, 3.05) is 26.7 Å². The zero-order chi connectivity index (χ0) is 26.8. The third-order valence-electron chi connectivity index (χ3n) is 8.33. The Morgan fingerprint density at radius 1 is 0.947 bits per heavy atom. The average molecular weight is 515 g/mol. The summed E-state index contributed by atoms with van der Waals surface area (Å²) in [5, 5.41) is 3.03. The summed E-state index contributed by atoms with van der Waals surface area (Å²) >= 11 is 0. The molecule has 0 unspecified atom stereocenters. The molecule has 3 aromatic rings. The van der Waals surface area contributed by atoms with Crippen molar-refractivity contribution >= 4 is 11.9 Å². The maximum absolute atomic E-state index is 13.9. The average Bonchev–Trinajstić information content (AvgIpc) is 3.66. The smallest absolute Gasteiger partial charge is 0.312 e. The number of urea groups is 1. The van der Waals surface area contributed by atoms with Crippen LogP contribution in [0.15, 0.2) is 84.9 Å². The molecule has 0 radical (unpaired) electrons. The molecule has 1 heterocycles. The first-order chi connectivity index (χ1) is 18.3. The molecule has 3 N–H and O–H groups in total. The molecule has 2 aliphatic rings. The highest BCUT2D eigenvalue weighted by Gasteiger charge is 2.62. The number of halogens is 1. The lowest BCUT2D eigenvalue weighted by Crippen LogP contribution is -2.54. The van der Waals surface area contributed by atoms with Gasteiger partial charge >= 0.3 is 6.03 Å². The lowest BCUT2D eigenvalue weighted by atomic mass is 9.80. The molecule has 7 heteroatoms. The number of benzene rings is 3. The molecule has 6 nitrogen and oxygen atoms in total. The van der Waals surface area contributed by atoms with E-state index < -0.39 is 17.0 Å². The van der Waals surface area contributed by atoms with Gasteiger partial charge in [-0.05, 0) is 54.0 Å². The van der Waals surface area contributed by atoms with Crippen LogP contribution in [-0.2, 0) is 22.3 Å². The second-order valence-corrected chi connectivity index (χ2v) is 10.8. The zero-order valence-corrected chi connectivity index (χ0v) is 21.8. The highest BCUT2D eigenvalue weighted by atomic mass is 19.1. The maximum Gasteiger partial charge on any atom is 0.312 e. The molecule has 38 heavy (non-hydrogen) atoms. The lowest BCUT2D eigenvalue weighted by molar-refractivity contribution is -0.133. The maximum atomic E-state index is 13.9. The summed E-state index contributed by atoms with van der Waals surface area (Å²) in [6.45, 7) is 2.85. The number of rotatable bonds is 8. The third-order valence-corrected chi connectivity index (χ3v) is 8.33. The topological polar surface area (TPSA) is 78.7 Å². The van der Waals surface area contributed by atoms with E-state index in [1.54, 1.807) is 17.0 Å².